The number of rotatable bonds is 15. The molecule has 0 saturated carbocycles. The van der Waals surface area contributed by atoms with Crippen LogP contribution < -0.4 is 9.80 Å². The first-order valence-corrected chi connectivity index (χ1v) is 16.4. The van der Waals surface area contributed by atoms with Crippen molar-refractivity contribution in [3.05, 3.63) is 85.5 Å². The maximum Gasteiger partial charge on any atom is 0.312 e. The molecule has 2 aromatic carbocycles. The SMILES string of the molecule is C=CCCOC(=O)[C@H]1[C@H]2C(=O)N([C@@H](CO)Cc3ccccc3)C(C(=O)N(CC=C)c3ccc(N(CC)CC)cc3)C23CC[C@]1(C)O3. The molecule has 9 heteroatoms. The second kappa shape index (κ2) is 13.8. The van der Waals surface area contributed by atoms with Gasteiger partial charge in [0.1, 0.15) is 17.6 Å². The summed E-state index contributed by atoms with van der Waals surface area (Å²) in [6, 6.07) is 15.6. The molecule has 2 aromatic rings. The molecule has 3 saturated heterocycles. The molecule has 3 fully saturated rings. The third kappa shape index (κ3) is 5.75. The fourth-order valence-electron chi connectivity index (χ4n) is 7.90. The topological polar surface area (TPSA) is 99.6 Å². The monoisotopic (exact) mass is 629 g/mol. The van der Waals surface area contributed by atoms with Gasteiger partial charge in [0.15, 0.2) is 0 Å². The Morgan fingerprint density at radius 1 is 1.07 bits per heavy atom. The Balaban J connectivity index is 1.58. The van der Waals surface area contributed by atoms with Crippen LogP contribution >= 0.6 is 0 Å². The van der Waals surface area contributed by atoms with E-state index < -0.39 is 41.1 Å². The van der Waals surface area contributed by atoms with Crippen LogP contribution in [-0.4, -0.2) is 83.9 Å². The molecule has 2 unspecified atom stereocenters. The van der Waals surface area contributed by atoms with E-state index in [1.165, 1.54) is 4.90 Å². The van der Waals surface area contributed by atoms with E-state index in [4.69, 9.17) is 9.47 Å². The van der Waals surface area contributed by atoms with E-state index in [-0.39, 0.29) is 31.6 Å². The van der Waals surface area contributed by atoms with E-state index in [0.29, 0.717) is 31.4 Å². The minimum atomic E-state index is -1.25. The highest BCUT2D eigenvalue weighted by atomic mass is 16.6. The number of hydrogen-bond donors (Lipinski definition) is 1. The van der Waals surface area contributed by atoms with Crippen LogP contribution in [0.3, 0.4) is 0 Å². The van der Waals surface area contributed by atoms with Crippen molar-refractivity contribution in [1.82, 2.24) is 4.90 Å². The number of anilines is 2. The zero-order chi connectivity index (χ0) is 33.1. The zero-order valence-electron chi connectivity index (χ0n) is 27.3. The van der Waals surface area contributed by atoms with Gasteiger partial charge in [-0.3, -0.25) is 14.4 Å². The smallest absolute Gasteiger partial charge is 0.312 e. The van der Waals surface area contributed by atoms with Crippen LogP contribution in [0.5, 0.6) is 0 Å². The third-order valence-electron chi connectivity index (χ3n) is 10.1. The Bertz CT molecular complexity index is 1430. The molecule has 1 spiro atoms. The Hall–Kier alpha value is -3.95. The first-order chi connectivity index (χ1) is 22.2. The number of aliphatic hydroxyl groups excluding tert-OH is 1. The molecular weight excluding hydrogens is 582 g/mol. The quantitative estimate of drug-likeness (QED) is 0.176. The number of benzene rings is 2. The molecule has 1 N–H and O–H groups in total. The van der Waals surface area contributed by atoms with Crippen LogP contribution in [0.2, 0.25) is 0 Å². The molecule has 6 atom stereocenters. The second-order valence-electron chi connectivity index (χ2n) is 12.7. The van der Waals surface area contributed by atoms with Gasteiger partial charge in [-0.25, -0.2) is 0 Å². The van der Waals surface area contributed by atoms with Gasteiger partial charge in [-0.15, -0.1) is 13.2 Å². The summed E-state index contributed by atoms with van der Waals surface area (Å²) in [7, 11) is 0. The zero-order valence-corrected chi connectivity index (χ0v) is 27.3. The summed E-state index contributed by atoms with van der Waals surface area (Å²) in [6.45, 7) is 15.4. The van der Waals surface area contributed by atoms with E-state index in [0.717, 1.165) is 24.3 Å². The Kier molecular flexibility index (Phi) is 10.0. The molecule has 0 aliphatic carbocycles. The molecule has 46 heavy (non-hydrogen) atoms. The van der Waals surface area contributed by atoms with Gasteiger partial charge in [-0.2, -0.15) is 0 Å². The molecule has 0 aromatic heterocycles. The third-order valence-corrected chi connectivity index (χ3v) is 10.1. The lowest BCUT2D eigenvalue weighted by Crippen LogP contribution is -2.59. The average molecular weight is 630 g/mol. The van der Waals surface area contributed by atoms with E-state index in [1.54, 1.807) is 17.1 Å². The fourth-order valence-corrected chi connectivity index (χ4v) is 7.90. The van der Waals surface area contributed by atoms with Crippen LogP contribution in [0, 0.1) is 11.8 Å². The minimum Gasteiger partial charge on any atom is -0.465 e. The molecule has 3 aliphatic heterocycles. The number of aliphatic hydroxyl groups is 1. The lowest BCUT2D eigenvalue weighted by molar-refractivity contribution is -0.160. The summed E-state index contributed by atoms with van der Waals surface area (Å²) in [4.78, 5) is 48.7. The van der Waals surface area contributed by atoms with Gasteiger partial charge in [0, 0.05) is 31.0 Å². The highest BCUT2D eigenvalue weighted by molar-refractivity contribution is 6.05. The number of fused-ring (bicyclic) bond motifs is 1. The maximum absolute atomic E-state index is 15.0. The van der Waals surface area contributed by atoms with Crippen molar-refractivity contribution >= 4 is 29.2 Å². The van der Waals surface area contributed by atoms with Gasteiger partial charge < -0.3 is 29.3 Å². The number of nitrogens with zero attached hydrogens (tertiary/aromatic N) is 3. The Morgan fingerprint density at radius 2 is 1.74 bits per heavy atom. The van der Waals surface area contributed by atoms with Crippen molar-refractivity contribution in [2.24, 2.45) is 11.8 Å². The Morgan fingerprint density at radius 3 is 2.35 bits per heavy atom. The molecule has 246 valence electrons. The number of esters is 1. The van der Waals surface area contributed by atoms with Crippen LogP contribution in [-0.2, 0) is 30.3 Å². The highest BCUT2D eigenvalue weighted by Gasteiger charge is 2.79. The number of hydrogen-bond acceptors (Lipinski definition) is 7. The molecule has 3 heterocycles. The molecule has 9 nitrogen and oxygen atoms in total. The van der Waals surface area contributed by atoms with Crippen LogP contribution in [0.4, 0.5) is 11.4 Å². The summed E-state index contributed by atoms with van der Waals surface area (Å²) < 4.78 is 12.4. The first-order valence-electron chi connectivity index (χ1n) is 16.4. The van der Waals surface area contributed by atoms with E-state index in [1.807, 2.05) is 61.5 Å². The minimum absolute atomic E-state index is 0.152. The van der Waals surface area contributed by atoms with Crippen molar-refractivity contribution in [2.45, 2.75) is 69.7 Å². The maximum atomic E-state index is 15.0. The molecule has 0 radical (unpaired) electrons. The standard InChI is InChI=1S/C37H47N3O6/c1-6-10-23-45-35(44)31-30-33(42)40(29(25-41)24-26-14-12-11-13-15-26)32(37(30)21-20-36(31,5)46-37)34(43)39(22-7-2)28-18-16-27(17-19-28)38(8-3)9-4/h6-7,11-19,29-32,41H,1-2,8-10,20-25H2,3-5H3/t29-,30+,31-,32?,36+,37?/m1/s1. The predicted molar refractivity (Wildman–Crippen MR) is 178 cm³/mol. The van der Waals surface area contributed by atoms with Crippen molar-refractivity contribution in [1.29, 1.82) is 0 Å². The molecule has 2 amide bonds. The van der Waals surface area contributed by atoms with E-state index in [9.17, 15) is 19.5 Å². The number of ether oxygens (including phenoxy) is 2. The average Bonchev–Trinajstić information content (AvgIpc) is 3.64. The van der Waals surface area contributed by atoms with Gasteiger partial charge in [0.25, 0.3) is 5.91 Å². The van der Waals surface area contributed by atoms with Gasteiger partial charge in [0.2, 0.25) is 5.91 Å². The molecular formula is C37H47N3O6. The van der Waals surface area contributed by atoms with Crippen LogP contribution in [0.15, 0.2) is 79.9 Å². The van der Waals surface area contributed by atoms with Crippen LogP contribution in [0.25, 0.3) is 0 Å². The van der Waals surface area contributed by atoms with E-state index in [2.05, 4.69) is 31.9 Å². The molecule has 2 bridgehead atoms. The highest BCUT2D eigenvalue weighted by Crippen LogP contribution is 2.64. The van der Waals surface area contributed by atoms with Gasteiger partial charge in [-0.1, -0.05) is 42.5 Å². The van der Waals surface area contributed by atoms with Crippen LogP contribution in [0.1, 0.15) is 45.6 Å². The van der Waals surface area contributed by atoms with Gasteiger partial charge in [0.05, 0.1) is 30.8 Å². The van der Waals surface area contributed by atoms with Crippen molar-refractivity contribution in [2.75, 3.05) is 42.6 Å². The lowest BCUT2D eigenvalue weighted by atomic mass is 9.66. The largest absolute Gasteiger partial charge is 0.465 e. The van der Waals surface area contributed by atoms with E-state index >= 15 is 0 Å². The van der Waals surface area contributed by atoms with Gasteiger partial charge in [-0.05, 0) is 76.3 Å². The predicted octanol–water partition coefficient (Wildman–Crippen LogP) is 4.54. The summed E-state index contributed by atoms with van der Waals surface area (Å²) in [5, 5.41) is 10.8. The number of carbonyl (C=O) groups excluding carboxylic acids is 3. The number of carbonyl (C=O) groups is 3. The van der Waals surface area contributed by atoms with Crippen molar-refractivity contribution < 1.29 is 29.0 Å². The fraction of sp³-hybridized carbons (Fsp3) is 0.486. The summed E-state index contributed by atoms with van der Waals surface area (Å²) in [5.41, 5.74) is 0.413. The molecule has 3 aliphatic rings. The summed E-state index contributed by atoms with van der Waals surface area (Å²) in [6.07, 6.45) is 5.08. The number of amides is 2. The number of likely N-dealkylation sites (tertiary alicyclic amines) is 1. The lowest BCUT2D eigenvalue weighted by Gasteiger charge is -2.39. The first kappa shape index (κ1) is 33.4. The van der Waals surface area contributed by atoms with Crippen molar-refractivity contribution in [3.63, 3.8) is 0 Å². The molecule has 5 rings (SSSR count). The van der Waals surface area contributed by atoms with Gasteiger partial charge >= 0.3 is 5.97 Å². The second-order valence-corrected chi connectivity index (χ2v) is 12.7. The summed E-state index contributed by atoms with van der Waals surface area (Å²) in [5.74, 6) is -3.00. The normalized spacial score (nSPS) is 26.8. The Labute approximate surface area is 272 Å². The summed E-state index contributed by atoms with van der Waals surface area (Å²) >= 11 is 0. The van der Waals surface area contributed by atoms with Crippen molar-refractivity contribution in [3.8, 4) is 0 Å².